The van der Waals surface area contributed by atoms with E-state index in [-0.39, 0.29) is 11.7 Å². The van der Waals surface area contributed by atoms with Gasteiger partial charge in [0.05, 0.1) is 0 Å². The molecular weight excluding hydrogens is 346 g/mol. The van der Waals surface area contributed by atoms with Crippen LogP contribution >= 0.6 is 0 Å². The molecule has 5 rings (SSSR count). The number of hydrogen-bond acceptors (Lipinski definition) is 2. The fourth-order valence-corrected chi connectivity index (χ4v) is 4.33. The van der Waals surface area contributed by atoms with Crippen LogP contribution in [0.15, 0.2) is 72.9 Å². The number of fused-ring (bicyclic) bond motifs is 2. The number of nitrogens with one attached hydrogen (secondary N) is 1. The summed E-state index contributed by atoms with van der Waals surface area (Å²) in [5.74, 6) is 0.614. The molecular formula is C25H21NO2. The molecule has 1 atom stereocenters. The van der Waals surface area contributed by atoms with Crippen molar-refractivity contribution in [2.24, 2.45) is 0 Å². The summed E-state index contributed by atoms with van der Waals surface area (Å²) in [5, 5.41) is 20.8. The Morgan fingerprint density at radius 2 is 1.68 bits per heavy atom. The molecule has 0 saturated heterocycles. The lowest BCUT2D eigenvalue weighted by Gasteiger charge is -2.21. The number of H-pyrrole nitrogens is 1. The summed E-state index contributed by atoms with van der Waals surface area (Å²) in [7, 11) is 0. The van der Waals surface area contributed by atoms with E-state index in [2.05, 4.69) is 42.4 Å². The Morgan fingerprint density at radius 3 is 2.50 bits per heavy atom. The van der Waals surface area contributed by atoms with Crippen molar-refractivity contribution in [1.29, 1.82) is 0 Å². The molecule has 3 N–H and O–H groups in total. The Bertz CT molecular complexity index is 1220. The molecule has 0 amide bonds. The van der Waals surface area contributed by atoms with E-state index in [0.29, 0.717) is 5.75 Å². The first-order chi connectivity index (χ1) is 13.6. The van der Waals surface area contributed by atoms with Gasteiger partial charge in [-0.05, 0) is 77.1 Å². The highest BCUT2D eigenvalue weighted by molar-refractivity contribution is 5.90. The molecule has 1 aromatic heterocycles. The summed E-state index contributed by atoms with van der Waals surface area (Å²) in [6, 6.07) is 19.6. The molecule has 0 bridgehead atoms. The molecule has 0 saturated carbocycles. The number of aromatic amines is 1. The highest BCUT2D eigenvalue weighted by Crippen LogP contribution is 2.45. The third-order valence-electron chi connectivity index (χ3n) is 5.66. The number of hydrogen-bond donors (Lipinski definition) is 3. The van der Waals surface area contributed by atoms with Crippen LogP contribution in [-0.2, 0) is 6.42 Å². The van der Waals surface area contributed by atoms with Crippen LogP contribution in [0.4, 0.5) is 0 Å². The maximum absolute atomic E-state index is 9.86. The van der Waals surface area contributed by atoms with Crippen LogP contribution in [0.2, 0.25) is 0 Å². The van der Waals surface area contributed by atoms with Gasteiger partial charge in [-0.15, -0.1) is 0 Å². The number of allylic oxidation sites excluding steroid dienone is 2. The van der Waals surface area contributed by atoms with Gasteiger partial charge in [-0.25, -0.2) is 0 Å². The van der Waals surface area contributed by atoms with Crippen molar-refractivity contribution in [3.8, 4) is 11.5 Å². The zero-order valence-corrected chi connectivity index (χ0v) is 15.6. The highest BCUT2D eigenvalue weighted by atomic mass is 16.3. The predicted molar refractivity (Wildman–Crippen MR) is 113 cm³/mol. The number of rotatable bonds is 3. The van der Waals surface area contributed by atoms with E-state index in [1.54, 1.807) is 18.2 Å². The summed E-state index contributed by atoms with van der Waals surface area (Å²) in [4.78, 5) is 3.43. The SMILES string of the molecule is Cc1ccc2c(C(C3=CCc4cc(O)ccc43)c3ccc(O)cc3)c[nH]c2c1. The third-order valence-corrected chi connectivity index (χ3v) is 5.66. The Hall–Kier alpha value is -3.46. The molecule has 4 aromatic rings. The topological polar surface area (TPSA) is 56.2 Å². The molecule has 1 unspecified atom stereocenters. The van der Waals surface area contributed by atoms with Crippen LogP contribution in [0.25, 0.3) is 16.5 Å². The number of aromatic nitrogens is 1. The van der Waals surface area contributed by atoms with Gasteiger partial charge in [0.25, 0.3) is 0 Å². The normalized spacial score (nSPS) is 14.1. The summed E-state index contributed by atoms with van der Waals surface area (Å²) in [5.41, 5.74) is 8.26. The van der Waals surface area contributed by atoms with Crippen molar-refractivity contribution in [1.82, 2.24) is 4.98 Å². The number of phenolic OH excluding ortho intramolecular Hbond substituents is 2. The first kappa shape index (κ1) is 16.7. The van der Waals surface area contributed by atoms with Crippen LogP contribution in [-0.4, -0.2) is 15.2 Å². The monoisotopic (exact) mass is 367 g/mol. The number of benzene rings is 3. The summed E-state index contributed by atoms with van der Waals surface area (Å²) < 4.78 is 0. The van der Waals surface area contributed by atoms with E-state index < -0.39 is 0 Å². The molecule has 3 nitrogen and oxygen atoms in total. The zero-order valence-electron chi connectivity index (χ0n) is 15.6. The van der Waals surface area contributed by atoms with Gasteiger partial charge in [0, 0.05) is 23.0 Å². The van der Waals surface area contributed by atoms with Gasteiger partial charge in [0.15, 0.2) is 0 Å². The van der Waals surface area contributed by atoms with Crippen molar-refractivity contribution in [2.75, 3.05) is 0 Å². The van der Waals surface area contributed by atoms with Gasteiger partial charge in [-0.1, -0.05) is 36.4 Å². The average molecular weight is 367 g/mol. The van der Waals surface area contributed by atoms with Crippen LogP contribution < -0.4 is 0 Å². The van der Waals surface area contributed by atoms with Crippen LogP contribution in [0, 0.1) is 6.92 Å². The molecule has 28 heavy (non-hydrogen) atoms. The number of aryl methyl sites for hydroxylation is 1. The molecule has 0 aliphatic heterocycles. The highest BCUT2D eigenvalue weighted by Gasteiger charge is 2.27. The molecule has 1 aliphatic rings. The number of phenols is 2. The Balaban J connectivity index is 1.72. The first-order valence-corrected chi connectivity index (χ1v) is 9.49. The van der Waals surface area contributed by atoms with Gasteiger partial charge < -0.3 is 15.2 Å². The average Bonchev–Trinajstić information content (AvgIpc) is 3.28. The Labute approximate surface area is 163 Å². The van der Waals surface area contributed by atoms with Crippen molar-refractivity contribution in [3.63, 3.8) is 0 Å². The second-order valence-electron chi connectivity index (χ2n) is 7.52. The minimum Gasteiger partial charge on any atom is -0.508 e. The number of aromatic hydroxyl groups is 2. The van der Waals surface area contributed by atoms with Crippen LogP contribution in [0.1, 0.15) is 33.7 Å². The van der Waals surface area contributed by atoms with Gasteiger partial charge in [0.1, 0.15) is 11.5 Å². The molecule has 0 fully saturated rings. The second-order valence-corrected chi connectivity index (χ2v) is 7.52. The van der Waals surface area contributed by atoms with Gasteiger partial charge in [-0.2, -0.15) is 0 Å². The molecule has 1 aliphatic carbocycles. The van der Waals surface area contributed by atoms with E-state index in [4.69, 9.17) is 0 Å². The molecule has 3 aromatic carbocycles. The van der Waals surface area contributed by atoms with Gasteiger partial charge >= 0.3 is 0 Å². The minimum absolute atomic E-state index is 0.0443. The van der Waals surface area contributed by atoms with Crippen molar-refractivity contribution in [2.45, 2.75) is 19.3 Å². The van der Waals surface area contributed by atoms with Crippen molar-refractivity contribution < 1.29 is 10.2 Å². The van der Waals surface area contributed by atoms with E-state index in [0.717, 1.165) is 23.1 Å². The third kappa shape index (κ3) is 2.67. The van der Waals surface area contributed by atoms with Crippen LogP contribution in [0.3, 0.4) is 0 Å². The summed E-state index contributed by atoms with van der Waals surface area (Å²) in [6.45, 7) is 2.10. The van der Waals surface area contributed by atoms with E-state index in [9.17, 15) is 10.2 Å². The largest absolute Gasteiger partial charge is 0.508 e. The predicted octanol–water partition coefficient (Wildman–Crippen LogP) is 5.66. The van der Waals surface area contributed by atoms with E-state index in [1.807, 2.05) is 24.3 Å². The zero-order chi connectivity index (χ0) is 19.3. The maximum atomic E-state index is 9.86. The molecule has 138 valence electrons. The van der Waals surface area contributed by atoms with E-state index >= 15 is 0 Å². The molecule has 0 spiro atoms. The quantitative estimate of drug-likeness (QED) is 0.438. The van der Waals surface area contributed by atoms with E-state index in [1.165, 1.54) is 27.6 Å². The fourth-order valence-electron chi connectivity index (χ4n) is 4.33. The van der Waals surface area contributed by atoms with Crippen molar-refractivity contribution >= 4 is 16.5 Å². The first-order valence-electron chi connectivity index (χ1n) is 9.49. The summed E-state index contributed by atoms with van der Waals surface area (Å²) in [6.07, 6.45) is 5.17. The summed E-state index contributed by atoms with van der Waals surface area (Å²) >= 11 is 0. The Kier molecular flexibility index (Phi) is 3.76. The second kappa shape index (κ2) is 6.31. The molecule has 0 radical (unpaired) electrons. The standard InChI is InChI=1S/C25H21NO2/c1-15-2-9-21-23(14-26-24(21)12-15)25(16-3-6-18(27)7-4-16)22-10-5-17-13-19(28)8-11-20(17)22/h2-4,6-14,25-28H,5H2,1H3. The van der Waals surface area contributed by atoms with Gasteiger partial charge in [0.2, 0.25) is 0 Å². The van der Waals surface area contributed by atoms with Crippen molar-refractivity contribution in [3.05, 3.63) is 101 Å². The lowest BCUT2D eigenvalue weighted by atomic mass is 9.82. The lowest BCUT2D eigenvalue weighted by molar-refractivity contribution is 0.474. The minimum atomic E-state index is 0.0443. The van der Waals surface area contributed by atoms with Crippen LogP contribution in [0.5, 0.6) is 11.5 Å². The lowest BCUT2D eigenvalue weighted by Crippen LogP contribution is -2.03. The van der Waals surface area contributed by atoms with Gasteiger partial charge in [-0.3, -0.25) is 0 Å². The smallest absolute Gasteiger partial charge is 0.115 e. The fraction of sp³-hybridized carbons (Fsp3) is 0.120. The molecule has 1 heterocycles. The Morgan fingerprint density at radius 1 is 0.893 bits per heavy atom. The maximum Gasteiger partial charge on any atom is 0.115 e. The molecule has 3 heteroatoms.